The molecular weight excluding hydrogens is 311 g/mol. The molecule has 0 radical (unpaired) electrons. The van der Waals surface area contributed by atoms with Crippen LogP contribution in [-0.2, 0) is 4.57 Å². The van der Waals surface area contributed by atoms with E-state index < -0.39 is 7.80 Å². The minimum Gasteiger partial charge on any atom is -0.0622 e. The van der Waals surface area contributed by atoms with Gasteiger partial charge in [-0.15, -0.1) is 0 Å². The molecule has 0 aromatic heterocycles. The lowest BCUT2D eigenvalue weighted by molar-refractivity contribution is 0.598. The van der Waals surface area contributed by atoms with Crippen molar-refractivity contribution < 1.29 is 4.57 Å². The van der Waals surface area contributed by atoms with Gasteiger partial charge in [0, 0.05) is 16.7 Å². The molecule has 4 rings (SSSR count). The van der Waals surface area contributed by atoms with Gasteiger partial charge in [-0.25, -0.2) is 0 Å². The highest BCUT2D eigenvalue weighted by atomic mass is 31.1. The second-order valence-electron chi connectivity index (χ2n) is 5.69. The van der Waals surface area contributed by atoms with Crippen molar-refractivity contribution in [2.45, 2.75) is 0 Å². The lowest BCUT2D eigenvalue weighted by Crippen LogP contribution is -1.90. The molecular formula is C22H16OP+. The van der Waals surface area contributed by atoms with Gasteiger partial charge in [0.2, 0.25) is 5.31 Å². The normalized spacial score (nSPS) is 15.5. The largest absolute Gasteiger partial charge is 0.409 e. The van der Waals surface area contributed by atoms with Crippen molar-refractivity contribution in [3.8, 4) is 0 Å². The van der Waals surface area contributed by atoms with E-state index in [9.17, 15) is 4.57 Å². The van der Waals surface area contributed by atoms with Crippen molar-refractivity contribution in [2.24, 2.45) is 0 Å². The van der Waals surface area contributed by atoms with E-state index in [2.05, 4.69) is 24.3 Å². The summed E-state index contributed by atoms with van der Waals surface area (Å²) in [5.74, 6) is 1.91. The molecule has 3 aromatic carbocycles. The lowest BCUT2D eigenvalue weighted by Gasteiger charge is -2.08. The molecule has 0 N–H and O–H groups in total. The zero-order chi connectivity index (χ0) is 16.4. The Morgan fingerprint density at radius 1 is 0.542 bits per heavy atom. The van der Waals surface area contributed by atoms with Crippen LogP contribution in [-0.4, -0.2) is 0 Å². The summed E-state index contributed by atoms with van der Waals surface area (Å²) in [6.45, 7) is 0. The average Bonchev–Trinajstić information content (AvgIpc) is 3.01. The Bertz CT molecular complexity index is 939. The summed E-state index contributed by atoms with van der Waals surface area (Å²) >= 11 is 0. The van der Waals surface area contributed by atoms with Crippen molar-refractivity contribution >= 4 is 24.3 Å². The van der Waals surface area contributed by atoms with Gasteiger partial charge in [0.25, 0.3) is 0 Å². The van der Waals surface area contributed by atoms with Crippen molar-refractivity contribution in [3.05, 3.63) is 114 Å². The molecule has 1 atom stereocenters. The van der Waals surface area contributed by atoms with E-state index in [-0.39, 0.29) is 0 Å². The van der Waals surface area contributed by atoms with Crippen LogP contribution in [0.1, 0.15) is 16.7 Å². The van der Waals surface area contributed by atoms with Crippen molar-refractivity contribution in [1.82, 2.24) is 0 Å². The van der Waals surface area contributed by atoms with E-state index in [0.717, 1.165) is 33.2 Å². The van der Waals surface area contributed by atoms with E-state index >= 15 is 0 Å². The molecule has 1 aliphatic rings. The van der Waals surface area contributed by atoms with E-state index in [4.69, 9.17) is 0 Å². The number of benzene rings is 3. The molecule has 0 bridgehead atoms. The fraction of sp³-hybridized carbons (Fsp3) is 0. The molecule has 0 spiro atoms. The van der Waals surface area contributed by atoms with Gasteiger partial charge in [0.05, 0.1) is 0 Å². The summed E-state index contributed by atoms with van der Waals surface area (Å²) < 4.78 is 13.0. The van der Waals surface area contributed by atoms with Crippen LogP contribution in [0.5, 0.6) is 0 Å². The monoisotopic (exact) mass is 327 g/mol. The molecule has 1 unspecified atom stereocenters. The number of hydrogen-bond acceptors (Lipinski definition) is 1. The van der Waals surface area contributed by atoms with Gasteiger partial charge in [0.1, 0.15) is 0 Å². The smallest absolute Gasteiger partial charge is 0.0622 e. The van der Waals surface area contributed by atoms with Crippen LogP contribution in [0.25, 0.3) is 16.5 Å². The van der Waals surface area contributed by atoms with Crippen LogP contribution < -0.4 is 0 Å². The van der Waals surface area contributed by atoms with Crippen LogP contribution in [0, 0.1) is 0 Å². The SMILES string of the molecule is O=[P+]1C=C(c2ccccc2)C(c2ccccc2)=C1c1ccccc1. The maximum Gasteiger partial charge on any atom is 0.409 e. The molecule has 1 heterocycles. The van der Waals surface area contributed by atoms with Gasteiger partial charge in [0.15, 0.2) is 5.82 Å². The first kappa shape index (κ1) is 14.8. The molecule has 0 saturated carbocycles. The summed E-state index contributed by atoms with van der Waals surface area (Å²) in [7, 11) is -1.56. The first-order chi connectivity index (χ1) is 11.8. The van der Waals surface area contributed by atoms with Gasteiger partial charge in [-0.05, 0) is 11.1 Å². The predicted molar refractivity (Wildman–Crippen MR) is 102 cm³/mol. The first-order valence-corrected chi connectivity index (χ1v) is 9.26. The third-order valence-electron chi connectivity index (χ3n) is 4.17. The molecule has 114 valence electrons. The van der Waals surface area contributed by atoms with Crippen molar-refractivity contribution in [1.29, 1.82) is 0 Å². The molecule has 0 fully saturated rings. The lowest BCUT2D eigenvalue weighted by atomic mass is 9.92. The van der Waals surface area contributed by atoms with Crippen LogP contribution in [0.15, 0.2) is 96.8 Å². The molecule has 1 nitrogen and oxygen atoms in total. The maximum atomic E-state index is 13.0. The second kappa shape index (κ2) is 6.39. The molecule has 1 aliphatic heterocycles. The summed E-state index contributed by atoms with van der Waals surface area (Å²) in [5, 5.41) is 0.927. The third-order valence-corrected chi connectivity index (χ3v) is 5.58. The Labute approximate surface area is 142 Å². The fourth-order valence-corrected chi connectivity index (χ4v) is 4.60. The third kappa shape index (κ3) is 2.64. The maximum absolute atomic E-state index is 13.0. The zero-order valence-corrected chi connectivity index (χ0v) is 14.0. The molecule has 3 aromatic rings. The van der Waals surface area contributed by atoms with Gasteiger partial charge in [-0.3, -0.25) is 0 Å². The van der Waals surface area contributed by atoms with E-state index in [0.29, 0.717) is 0 Å². The number of allylic oxidation sites excluding steroid dienone is 2. The summed E-state index contributed by atoms with van der Waals surface area (Å²) in [4.78, 5) is 0. The van der Waals surface area contributed by atoms with E-state index in [1.807, 2.05) is 72.5 Å². The minimum atomic E-state index is -1.56. The zero-order valence-electron chi connectivity index (χ0n) is 13.1. The van der Waals surface area contributed by atoms with Gasteiger partial charge in [-0.1, -0.05) is 95.6 Å². The van der Waals surface area contributed by atoms with Gasteiger partial charge < -0.3 is 0 Å². The number of rotatable bonds is 3. The Morgan fingerprint density at radius 3 is 1.54 bits per heavy atom. The molecule has 2 heteroatoms. The van der Waals surface area contributed by atoms with Crippen LogP contribution in [0.3, 0.4) is 0 Å². The quantitative estimate of drug-likeness (QED) is 0.506. The average molecular weight is 327 g/mol. The molecule has 0 amide bonds. The fourth-order valence-electron chi connectivity index (χ4n) is 3.09. The number of hydrogen-bond donors (Lipinski definition) is 0. The molecule has 0 saturated heterocycles. The topological polar surface area (TPSA) is 17.1 Å². The second-order valence-corrected chi connectivity index (χ2v) is 7.05. The van der Waals surface area contributed by atoms with Crippen LogP contribution >= 0.6 is 7.80 Å². The van der Waals surface area contributed by atoms with E-state index in [1.165, 1.54) is 0 Å². The highest BCUT2D eigenvalue weighted by molar-refractivity contribution is 7.61. The predicted octanol–water partition coefficient (Wildman–Crippen LogP) is 6.44. The van der Waals surface area contributed by atoms with Crippen LogP contribution in [0.2, 0.25) is 0 Å². The Kier molecular flexibility index (Phi) is 3.94. The highest BCUT2D eigenvalue weighted by Crippen LogP contribution is 2.57. The summed E-state index contributed by atoms with van der Waals surface area (Å²) in [5.41, 5.74) is 5.37. The van der Waals surface area contributed by atoms with Gasteiger partial charge in [-0.2, -0.15) is 0 Å². The Hall–Kier alpha value is -2.76. The Morgan fingerprint density at radius 2 is 1.00 bits per heavy atom. The molecule has 0 aliphatic carbocycles. The van der Waals surface area contributed by atoms with E-state index in [1.54, 1.807) is 0 Å². The standard InChI is InChI=1S/C22H16OP/c23-24-16-20(17-10-4-1-5-11-17)21(18-12-6-2-7-13-18)22(24)19-14-8-3-9-15-19/h1-16H/q+1. The van der Waals surface area contributed by atoms with Gasteiger partial charge >= 0.3 is 7.80 Å². The minimum absolute atomic E-state index is 0.927. The summed E-state index contributed by atoms with van der Waals surface area (Å²) in [6.07, 6.45) is 0. The molecule has 24 heavy (non-hydrogen) atoms. The summed E-state index contributed by atoms with van der Waals surface area (Å²) in [6, 6.07) is 30.5. The van der Waals surface area contributed by atoms with Crippen molar-refractivity contribution in [3.63, 3.8) is 0 Å². The highest BCUT2D eigenvalue weighted by Gasteiger charge is 2.37. The first-order valence-electron chi connectivity index (χ1n) is 7.94. The van der Waals surface area contributed by atoms with Crippen molar-refractivity contribution in [2.75, 3.05) is 0 Å². The Balaban J connectivity index is 1.98. The van der Waals surface area contributed by atoms with Crippen LogP contribution in [0.4, 0.5) is 0 Å².